The molecule has 1 aromatic carbocycles. The zero-order valence-corrected chi connectivity index (χ0v) is 12.1. The van der Waals surface area contributed by atoms with Gasteiger partial charge in [0.1, 0.15) is 0 Å². The highest BCUT2D eigenvalue weighted by atomic mass is 32.2. The van der Waals surface area contributed by atoms with Crippen LogP contribution in [0.5, 0.6) is 0 Å². The molecule has 18 heavy (non-hydrogen) atoms. The van der Waals surface area contributed by atoms with Crippen molar-refractivity contribution >= 4 is 10.8 Å². The Balaban J connectivity index is 2.08. The number of nitrogens with one attached hydrogen (secondary N) is 1. The molecule has 1 saturated carbocycles. The molecule has 2 nitrogen and oxygen atoms in total. The summed E-state index contributed by atoms with van der Waals surface area (Å²) in [5.74, 6) is 0.579. The molecule has 0 radical (unpaired) electrons. The van der Waals surface area contributed by atoms with Crippen molar-refractivity contribution in [1.29, 1.82) is 0 Å². The van der Waals surface area contributed by atoms with Gasteiger partial charge in [-0.3, -0.25) is 4.21 Å². The summed E-state index contributed by atoms with van der Waals surface area (Å²) >= 11 is 0. The molecule has 1 aliphatic carbocycles. The third-order valence-corrected chi connectivity index (χ3v) is 5.33. The van der Waals surface area contributed by atoms with Gasteiger partial charge >= 0.3 is 0 Å². The molecule has 0 aliphatic heterocycles. The molecule has 0 spiro atoms. The molecule has 0 aromatic heterocycles. The van der Waals surface area contributed by atoms with Crippen LogP contribution in [-0.2, 0) is 10.8 Å². The quantitative estimate of drug-likeness (QED) is 0.907. The lowest BCUT2D eigenvalue weighted by molar-refractivity contribution is 0.353. The molecule has 100 valence electrons. The van der Waals surface area contributed by atoms with Gasteiger partial charge in [0.05, 0.1) is 5.25 Å². The maximum Gasteiger partial charge on any atom is 0.0504 e. The Hall–Kier alpha value is -0.670. The summed E-state index contributed by atoms with van der Waals surface area (Å²) in [5.41, 5.74) is 1.41. The Morgan fingerprint density at radius 3 is 2.61 bits per heavy atom. The topological polar surface area (TPSA) is 29.1 Å². The van der Waals surface area contributed by atoms with Gasteiger partial charge in [0.25, 0.3) is 0 Å². The predicted molar refractivity (Wildman–Crippen MR) is 78.4 cm³/mol. The second-order valence-corrected chi connectivity index (χ2v) is 6.72. The molecule has 4 atom stereocenters. The molecule has 0 bridgehead atoms. The molecular formula is C15H23NOS. The summed E-state index contributed by atoms with van der Waals surface area (Å²) in [6, 6.07) is 11.1. The highest BCUT2D eigenvalue weighted by Gasteiger charge is 2.32. The lowest BCUT2D eigenvalue weighted by Gasteiger charge is -2.35. The fraction of sp³-hybridized carbons (Fsp3) is 0.600. The third kappa shape index (κ3) is 3.21. The molecule has 2 rings (SSSR count). The largest absolute Gasteiger partial charge is 0.313 e. The van der Waals surface area contributed by atoms with Crippen molar-refractivity contribution in [3.05, 3.63) is 35.9 Å². The first kappa shape index (κ1) is 13.8. The maximum absolute atomic E-state index is 11.9. The first-order chi connectivity index (χ1) is 8.72. The second kappa shape index (κ2) is 6.48. The standard InChI is InChI=1S/C15H23NOS/c1-3-16-14-10-9-13(11-15(14)18(2)17)12-7-5-4-6-8-12/h4-8,13-16H,3,9-11H2,1-2H3. The van der Waals surface area contributed by atoms with Crippen LogP contribution >= 0.6 is 0 Å². The zero-order chi connectivity index (χ0) is 13.0. The van der Waals surface area contributed by atoms with E-state index in [0.717, 1.165) is 19.4 Å². The first-order valence-corrected chi connectivity index (χ1v) is 8.45. The first-order valence-electron chi connectivity index (χ1n) is 6.83. The van der Waals surface area contributed by atoms with Crippen molar-refractivity contribution in [3.63, 3.8) is 0 Å². The highest BCUT2D eigenvalue weighted by Crippen LogP contribution is 2.34. The average molecular weight is 265 g/mol. The fourth-order valence-electron chi connectivity index (χ4n) is 3.02. The van der Waals surface area contributed by atoms with Gasteiger partial charge in [-0.05, 0) is 37.3 Å². The fourth-order valence-corrected chi connectivity index (χ4v) is 4.22. The van der Waals surface area contributed by atoms with E-state index < -0.39 is 10.8 Å². The summed E-state index contributed by atoms with van der Waals surface area (Å²) in [7, 11) is -0.741. The SMILES string of the molecule is CCNC1CCC(c2ccccc2)CC1S(C)=O. The van der Waals surface area contributed by atoms with E-state index in [4.69, 9.17) is 0 Å². The van der Waals surface area contributed by atoms with Gasteiger partial charge in [0.15, 0.2) is 0 Å². The van der Waals surface area contributed by atoms with Gasteiger partial charge < -0.3 is 5.32 Å². The Morgan fingerprint density at radius 1 is 1.28 bits per heavy atom. The second-order valence-electron chi connectivity index (χ2n) is 5.12. The summed E-state index contributed by atoms with van der Waals surface area (Å²) in [4.78, 5) is 0. The van der Waals surface area contributed by atoms with E-state index in [9.17, 15) is 4.21 Å². The molecule has 0 saturated heterocycles. The van der Waals surface area contributed by atoms with Gasteiger partial charge in [0, 0.05) is 23.1 Å². The molecule has 1 aliphatic rings. The van der Waals surface area contributed by atoms with Crippen LogP contribution in [-0.4, -0.2) is 28.3 Å². The average Bonchev–Trinajstić information content (AvgIpc) is 2.40. The van der Waals surface area contributed by atoms with Crippen LogP contribution in [0, 0.1) is 0 Å². The van der Waals surface area contributed by atoms with E-state index in [1.54, 1.807) is 0 Å². The van der Waals surface area contributed by atoms with Crippen LogP contribution in [0.3, 0.4) is 0 Å². The predicted octanol–water partition coefficient (Wildman–Crippen LogP) is 2.68. The van der Waals surface area contributed by atoms with Crippen LogP contribution in [0.1, 0.15) is 37.7 Å². The van der Waals surface area contributed by atoms with Crippen molar-refractivity contribution < 1.29 is 4.21 Å². The number of hydrogen-bond acceptors (Lipinski definition) is 2. The Kier molecular flexibility index (Phi) is 4.95. The van der Waals surface area contributed by atoms with Crippen LogP contribution in [0.25, 0.3) is 0 Å². The number of benzene rings is 1. The molecule has 3 heteroatoms. The van der Waals surface area contributed by atoms with E-state index in [2.05, 4.69) is 42.6 Å². The van der Waals surface area contributed by atoms with E-state index >= 15 is 0 Å². The van der Waals surface area contributed by atoms with Crippen molar-refractivity contribution in [3.8, 4) is 0 Å². The number of hydrogen-bond donors (Lipinski definition) is 1. The normalized spacial score (nSPS) is 30.0. The van der Waals surface area contributed by atoms with E-state index in [1.807, 2.05) is 6.26 Å². The van der Waals surface area contributed by atoms with E-state index in [-0.39, 0.29) is 0 Å². The summed E-state index contributed by atoms with van der Waals surface area (Å²) < 4.78 is 11.9. The van der Waals surface area contributed by atoms with Crippen molar-refractivity contribution in [2.75, 3.05) is 12.8 Å². The molecule has 0 amide bonds. The van der Waals surface area contributed by atoms with Crippen molar-refractivity contribution in [1.82, 2.24) is 5.32 Å². The number of rotatable bonds is 4. The summed E-state index contributed by atoms with van der Waals surface area (Å²) in [6.45, 7) is 3.09. The van der Waals surface area contributed by atoms with Gasteiger partial charge in [0.2, 0.25) is 0 Å². The minimum absolute atomic E-state index is 0.295. The lowest BCUT2D eigenvalue weighted by Crippen LogP contribution is -2.45. The smallest absolute Gasteiger partial charge is 0.0504 e. The summed E-state index contributed by atoms with van der Waals surface area (Å²) in [5, 5.41) is 3.79. The molecule has 1 N–H and O–H groups in total. The van der Waals surface area contributed by atoms with Crippen molar-refractivity contribution in [2.24, 2.45) is 0 Å². The van der Waals surface area contributed by atoms with Crippen LogP contribution in [0.2, 0.25) is 0 Å². The molecule has 4 unspecified atom stereocenters. The lowest BCUT2D eigenvalue weighted by atomic mass is 9.81. The monoisotopic (exact) mass is 265 g/mol. The molecule has 1 aromatic rings. The van der Waals surface area contributed by atoms with Gasteiger partial charge in [-0.1, -0.05) is 37.3 Å². The molecular weight excluding hydrogens is 242 g/mol. The minimum atomic E-state index is -0.741. The van der Waals surface area contributed by atoms with Crippen LogP contribution in [0.4, 0.5) is 0 Å². The Bertz CT molecular complexity index is 393. The van der Waals surface area contributed by atoms with Gasteiger partial charge in [-0.15, -0.1) is 0 Å². The Morgan fingerprint density at radius 2 is 2.00 bits per heavy atom. The summed E-state index contributed by atoms with van der Waals surface area (Å²) in [6.07, 6.45) is 5.24. The van der Waals surface area contributed by atoms with Crippen LogP contribution in [0.15, 0.2) is 30.3 Å². The van der Waals surface area contributed by atoms with Gasteiger partial charge in [-0.2, -0.15) is 0 Å². The van der Waals surface area contributed by atoms with Crippen molar-refractivity contribution in [2.45, 2.75) is 43.4 Å². The van der Waals surface area contributed by atoms with Crippen LogP contribution < -0.4 is 5.32 Å². The Labute approximate surface area is 113 Å². The van der Waals surface area contributed by atoms with Gasteiger partial charge in [-0.25, -0.2) is 0 Å². The van der Waals surface area contributed by atoms with E-state index in [1.165, 1.54) is 12.0 Å². The third-order valence-electron chi connectivity index (χ3n) is 3.96. The maximum atomic E-state index is 11.9. The van der Waals surface area contributed by atoms with E-state index in [0.29, 0.717) is 17.2 Å². The zero-order valence-electron chi connectivity index (χ0n) is 11.3. The minimum Gasteiger partial charge on any atom is -0.313 e. The molecule has 1 fully saturated rings. The molecule has 0 heterocycles. The highest BCUT2D eigenvalue weighted by molar-refractivity contribution is 7.85.